The van der Waals surface area contributed by atoms with Crippen molar-refractivity contribution in [2.75, 3.05) is 6.54 Å². The van der Waals surface area contributed by atoms with E-state index in [2.05, 4.69) is 9.46 Å². The molecule has 0 atom stereocenters. The molecule has 1 saturated carbocycles. The summed E-state index contributed by atoms with van der Waals surface area (Å²) in [4.78, 5) is -0.293. The SMILES string of the molecule is Cl.NC1(CNS(=O)(=O)c2cccc(OC(F)(F)F)c2)CCCCC1. The number of nitrogens with one attached hydrogen (secondary N) is 1. The number of sulfonamides is 1. The Bertz CT molecular complexity index is 647. The average Bonchev–Trinajstić information content (AvgIpc) is 2.45. The Morgan fingerprint density at radius 2 is 1.83 bits per heavy atom. The van der Waals surface area contributed by atoms with Crippen LogP contribution < -0.4 is 15.2 Å². The number of hydrogen-bond acceptors (Lipinski definition) is 4. The van der Waals surface area contributed by atoms with Gasteiger partial charge in [0.25, 0.3) is 0 Å². The van der Waals surface area contributed by atoms with E-state index in [1.54, 1.807) is 0 Å². The lowest BCUT2D eigenvalue weighted by Crippen LogP contribution is -2.51. The van der Waals surface area contributed by atoms with Crippen LogP contribution in [0.3, 0.4) is 0 Å². The van der Waals surface area contributed by atoms with Gasteiger partial charge >= 0.3 is 6.36 Å². The minimum absolute atomic E-state index is 0. The van der Waals surface area contributed by atoms with Crippen LogP contribution in [-0.2, 0) is 10.0 Å². The first-order chi connectivity index (χ1) is 10.6. The van der Waals surface area contributed by atoms with Crippen molar-refractivity contribution >= 4 is 22.4 Å². The third-order valence-electron chi connectivity index (χ3n) is 3.81. The fraction of sp³-hybridized carbons (Fsp3) is 0.571. The lowest BCUT2D eigenvalue weighted by atomic mass is 9.83. The minimum Gasteiger partial charge on any atom is -0.406 e. The van der Waals surface area contributed by atoms with Crippen LogP contribution in [0.25, 0.3) is 0 Å². The first-order valence-electron chi connectivity index (χ1n) is 7.24. The summed E-state index contributed by atoms with van der Waals surface area (Å²) < 4.78 is 67.2. The zero-order valence-electron chi connectivity index (χ0n) is 12.8. The molecule has 0 saturated heterocycles. The van der Waals surface area contributed by atoms with E-state index in [-0.39, 0.29) is 23.8 Å². The summed E-state index contributed by atoms with van der Waals surface area (Å²) in [5.41, 5.74) is 5.55. The van der Waals surface area contributed by atoms with Crippen molar-refractivity contribution < 1.29 is 26.3 Å². The molecule has 1 fully saturated rings. The van der Waals surface area contributed by atoms with Crippen molar-refractivity contribution in [3.05, 3.63) is 24.3 Å². The van der Waals surface area contributed by atoms with Gasteiger partial charge in [0.05, 0.1) is 4.90 Å². The molecule has 0 radical (unpaired) electrons. The molecule has 3 N–H and O–H groups in total. The number of halogens is 4. The van der Waals surface area contributed by atoms with E-state index in [1.165, 1.54) is 12.1 Å². The van der Waals surface area contributed by atoms with E-state index in [0.717, 1.165) is 31.4 Å². The molecule has 5 nitrogen and oxygen atoms in total. The molecular weight excluding hydrogens is 369 g/mol. The smallest absolute Gasteiger partial charge is 0.406 e. The molecular formula is C14H20ClF3N2O3S. The van der Waals surface area contributed by atoms with Crippen molar-refractivity contribution in [3.8, 4) is 5.75 Å². The number of nitrogens with two attached hydrogens (primary N) is 1. The Balaban J connectivity index is 0.00000288. The molecule has 1 aliphatic carbocycles. The number of hydrogen-bond donors (Lipinski definition) is 2. The summed E-state index contributed by atoms with van der Waals surface area (Å²) in [7, 11) is -3.95. The molecule has 0 aromatic heterocycles. The highest BCUT2D eigenvalue weighted by atomic mass is 35.5. The molecule has 10 heteroatoms. The molecule has 24 heavy (non-hydrogen) atoms. The average molecular weight is 389 g/mol. The number of alkyl halides is 3. The molecule has 0 bridgehead atoms. The second kappa shape index (κ2) is 7.90. The summed E-state index contributed by atoms with van der Waals surface area (Å²) in [6.07, 6.45) is -0.498. The van der Waals surface area contributed by atoms with Gasteiger partial charge in [-0.05, 0) is 25.0 Å². The number of rotatable bonds is 5. The number of ether oxygens (including phenoxy) is 1. The van der Waals surface area contributed by atoms with Gasteiger partial charge in [-0.1, -0.05) is 25.3 Å². The highest BCUT2D eigenvalue weighted by Gasteiger charge is 2.32. The zero-order chi connectivity index (χ0) is 17.1. The maximum atomic E-state index is 12.2. The Hall–Kier alpha value is -1.03. The van der Waals surface area contributed by atoms with Gasteiger partial charge in [-0.25, -0.2) is 13.1 Å². The van der Waals surface area contributed by atoms with Crippen LogP contribution in [0.4, 0.5) is 13.2 Å². The zero-order valence-corrected chi connectivity index (χ0v) is 14.4. The van der Waals surface area contributed by atoms with Crippen LogP contribution in [-0.4, -0.2) is 26.9 Å². The highest BCUT2D eigenvalue weighted by Crippen LogP contribution is 2.27. The second-order valence-corrected chi connectivity index (χ2v) is 7.54. The number of benzene rings is 1. The van der Waals surface area contributed by atoms with Gasteiger partial charge in [0.1, 0.15) is 5.75 Å². The third kappa shape index (κ3) is 6.12. The van der Waals surface area contributed by atoms with E-state index < -0.39 is 27.7 Å². The van der Waals surface area contributed by atoms with E-state index >= 15 is 0 Å². The maximum absolute atomic E-state index is 12.2. The normalized spacial score (nSPS) is 17.8. The van der Waals surface area contributed by atoms with Gasteiger partial charge in [0, 0.05) is 18.2 Å². The van der Waals surface area contributed by atoms with Crippen LogP contribution in [0.1, 0.15) is 32.1 Å². The monoisotopic (exact) mass is 388 g/mol. The molecule has 2 rings (SSSR count). The van der Waals surface area contributed by atoms with Gasteiger partial charge in [-0.3, -0.25) is 0 Å². The Labute approximate surface area is 145 Å². The first kappa shape index (κ1) is 21.0. The van der Waals surface area contributed by atoms with Gasteiger partial charge in [0.15, 0.2) is 0 Å². The summed E-state index contributed by atoms with van der Waals surface area (Å²) in [6.45, 7) is 0.0552. The van der Waals surface area contributed by atoms with E-state index in [1.807, 2.05) is 0 Å². The molecule has 138 valence electrons. The molecule has 0 amide bonds. The van der Waals surface area contributed by atoms with Crippen molar-refractivity contribution in [2.24, 2.45) is 5.73 Å². The van der Waals surface area contributed by atoms with Crippen molar-refractivity contribution in [1.29, 1.82) is 0 Å². The molecule has 0 spiro atoms. The lowest BCUT2D eigenvalue weighted by Gasteiger charge is -2.33. The Kier molecular flexibility index (Phi) is 6.92. The first-order valence-corrected chi connectivity index (χ1v) is 8.72. The van der Waals surface area contributed by atoms with Gasteiger partial charge in [-0.2, -0.15) is 0 Å². The molecule has 0 aliphatic heterocycles. The van der Waals surface area contributed by atoms with Gasteiger partial charge < -0.3 is 10.5 Å². The molecule has 0 heterocycles. The summed E-state index contributed by atoms with van der Waals surface area (Å²) in [5, 5.41) is 0. The van der Waals surface area contributed by atoms with Gasteiger partial charge in [-0.15, -0.1) is 25.6 Å². The third-order valence-corrected chi connectivity index (χ3v) is 5.21. The van der Waals surface area contributed by atoms with Crippen molar-refractivity contribution in [2.45, 2.75) is 48.9 Å². The summed E-state index contributed by atoms with van der Waals surface area (Å²) in [5.74, 6) is -0.583. The maximum Gasteiger partial charge on any atom is 0.573 e. The second-order valence-electron chi connectivity index (χ2n) is 5.77. The Morgan fingerprint density at radius 3 is 2.42 bits per heavy atom. The summed E-state index contributed by atoms with van der Waals surface area (Å²) in [6, 6.07) is 4.27. The largest absolute Gasteiger partial charge is 0.573 e. The van der Waals surface area contributed by atoms with E-state index in [9.17, 15) is 21.6 Å². The van der Waals surface area contributed by atoms with Crippen molar-refractivity contribution in [3.63, 3.8) is 0 Å². The fourth-order valence-corrected chi connectivity index (χ4v) is 3.77. The van der Waals surface area contributed by atoms with Crippen LogP contribution in [0.2, 0.25) is 0 Å². The van der Waals surface area contributed by atoms with Crippen LogP contribution in [0.5, 0.6) is 5.75 Å². The van der Waals surface area contributed by atoms with E-state index in [0.29, 0.717) is 12.8 Å². The van der Waals surface area contributed by atoms with Gasteiger partial charge in [0.2, 0.25) is 10.0 Å². The van der Waals surface area contributed by atoms with Crippen LogP contribution in [0, 0.1) is 0 Å². The molecule has 1 aliphatic rings. The predicted octanol–water partition coefficient (Wildman–Crippen LogP) is 2.95. The molecule has 1 aromatic rings. The highest BCUT2D eigenvalue weighted by molar-refractivity contribution is 7.89. The standard InChI is InChI=1S/C14H19F3N2O3S.ClH/c15-14(16,17)22-11-5-4-6-12(9-11)23(20,21)19-10-13(18)7-2-1-3-8-13;/h4-6,9,19H,1-3,7-8,10,18H2;1H. The topological polar surface area (TPSA) is 81.4 Å². The fourth-order valence-electron chi connectivity index (χ4n) is 2.59. The van der Waals surface area contributed by atoms with E-state index in [4.69, 9.17) is 5.73 Å². The molecule has 1 aromatic carbocycles. The molecule has 0 unspecified atom stereocenters. The quantitative estimate of drug-likeness (QED) is 0.812. The lowest BCUT2D eigenvalue weighted by molar-refractivity contribution is -0.274. The predicted molar refractivity (Wildman–Crippen MR) is 85.6 cm³/mol. The summed E-state index contributed by atoms with van der Waals surface area (Å²) >= 11 is 0. The Morgan fingerprint density at radius 1 is 1.21 bits per heavy atom. The van der Waals surface area contributed by atoms with Crippen LogP contribution in [0.15, 0.2) is 29.2 Å². The minimum atomic E-state index is -4.88. The van der Waals surface area contributed by atoms with Crippen LogP contribution >= 0.6 is 12.4 Å². The van der Waals surface area contributed by atoms with Crippen molar-refractivity contribution in [1.82, 2.24) is 4.72 Å².